The lowest BCUT2D eigenvalue weighted by molar-refractivity contribution is -0.137. The molecule has 0 unspecified atom stereocenters. The number of benzene rings is 1. The van der Waals surface area contributed by atoms with Crippen molar-refractivity contribution >= 4 is 17.5 Å². The number of para-hydroxylation sites is 1. The van der Waals surface area contributed by atoms with Gasteiger partial charge in [0.15, 0.2) is 0 Å². The third-order valence-electron chi connectivity index (χ3n) is 5.15. The number of carbonyl (C=O) groups excluding carboxylic acids is 2. The standard InChI is InChI=1S/C20H31N3O3/c1-5-15(2)17-8-6-7-9-18(17)21-20(25)16(3)22(4)14-19(24)23-10-12-26-13-11-23/h6-9,15-16H,5,10-14H2,1-4H3,(H,21,25)/t15-,16-/m1/s1. The predicted molar refractivity (Wildman–Crippen MR) is 103 cm³/mol. The topological polar surface area (TPSA) is 61.9 Å². The van der Waals surface area contributed by atoms with Gasteiger partial charge in [-0.1, -0.05) is 32.0 Å². The third kappa shape index (κ3) is 5.29. The number of rotatable bonds is 7. The van der Waals surface area contributed by atoms with Gasteiger partial charge in [-0.3, -0.25) is 14.5 Å². The van der Waals surface area contributed by atoms with Crippen molar-refractivity contribution in [1.82, 2.24) is 9.80 Å². The molecule has 0 aliphatic carbocycles. The maximum absolute atomic E-state index is 12.7. The summed E-state index contributed by atoms with van der Waals surface area (Å²) in [6.45, 7) is 8.74. The maximum atomic E-state index is 12.7. The Labute approximate surface area is 156 Å². The Balaban J connectivity index is 1.95. The van der Waals surface area contributed by atoms with Crippen LogP contribution in [-0.4, -0.2) is 67.6 Å². The summed E-state index contributed by atoms with van der Waals surface area (Å²) in [6, 6.07) is 7.52. The van der Waals surface area contributed by atoms with Crippen LogP contribution in [0.2, 0.25) is 0 Å². The molecule has 2 atom stereocenters. The van der Waals surface area contributed by atoms with Gasteiger partial charge in [-0.05, 0) is 37.9 Å². The molecule has 1 aromatic carbocycles. The molecule has 26 heavy (non-hydrogen) atoms. The second-order valence-corrected chi connectivity index (χ2v) is 6.97. The number of carbonyl (C=O) groups is 2. The van der Waals surface area contributed by atoms with Crippen molar-refractivity contribution in [1.29, 1.82) is 0 Å². The Morgan fingerprint density at radius 3 is 2.54 bits per heavy atom. The molecular weight excluding hydrogens is 330 g/mol. The Hall–Kier alpha value is -1.92. The summed E-state index contributed by atoms with van der Waals surface area (Å²) in [7, 11) is 1.81. The van der Waals surface area contributed by atoms with Gasteiger partial charge in [0.2, 0.25) is 11.8 Å². The van der Waals surface area contributed by atoms with Crippen LogP contribution in [0.25, 0.3) is 0 Å². The molecule has 6 nitrogen and oxygen atoms in total. The molecule has 0 bridgehead atoms. The summed E-state index contributed by atoms with van der Waals surface area (Å²) in [4.78, 5) is 28.6. The van der Waals surface area contributed by atoms with Crippen molar-refractivity contribution in [2.24, 2.45) is 0 Å². The summed E-state index contributed by atoms with van der Waals surface area (Å²) < 4.78 is 5.27. The van der Waals surface area contributed by atoms with Gasteiger partial charge in [-0.15, -0.1) is 0 Å². The predicted octanol–water partition coefficient (Wildman–Crippen LogP) is 2.32. The zero-order valence-corrected chi connectivity index (χ0v) is 16.3. The Kier molecular flexibility index (Phi) is 7.60. The minimum Gasteiger partial charge on any atom is -0.378 e. The van der Waals surface area contributed by atoms with Crippen molar-refractivity contribution < 1.29 is 14.3 Å². The Morgan fingerprint density at radius 1 is 1.23 bits per heavy atom. The highest BCUT2D eigenvalue weighted by atomic mass is 16.5. The molecule has 1 saturated heterocycles. The third-order valence-corrected chi connectivity index (χ3v) is 5.15. The summed E-state index contributed by atoms with van der Waals surface area (Å²) in [5.74, 6) is 0.316. The van der Waals surface area contributed by atoms with E-state index in [4.69, 9.17) is 4.74 Å². The fourth-order valence-electron chi connectivity index (χ4n) is 2.96. The number of hydrogen-bond donors (Lipinski definition) is 1. The highest BCUT2D eigenvalue weighted by Crippen LogP contribution is 2.26. The molecule has 144 valence electrons. The second kappa shape index (κ2) is 9.69. The number of anilines is 1. The Morgan fingerprint density at radius 2 is 1.88 bits per heavy atom. The molecule has 1 aliphatic heterocycles. The van der Waals surface area contributed by atoms with Crippen LogP contribution >= 0.6 is 0 Å². The lowest BCUT2D eigenvalue weighted by Crippen LogP contribution is -2.48. The normalized spacial score (nSPS) is 17.0. The quantitative estimate of drug-likeness (QED) is 0.810. The molecule has 1 aromatic rings. The number of likely N-dealkylation sites (N-methyl/N-ethyl adjacent to an activating group) is 1. The second-order valence-electron chi connectivity index (χ2n) is 6.97. The minimum atomic E-state index is -0.398. The molecule has 6 heteroatoms. The van der Waals surface area contributed by atoms with Crippen molar-refractivity contribution in [2.45, 2.75) is 39.2 Å². The molecule has 0 radical (unpaired) electrons. The highest BCUT2D eigenvalue weighted by molar-refractivity contribution is 5.95. The van der Waals surface area contributed by atoms with Crippen LogP contribution in [0.15, 0.2) is 24.3 Å². The summed E-state index contributed by atoms with van der Waals surface area (Å²) in [5, 5.41) is 3.03. The van der Waals surface area contributed by atoms with E-state index in [1.54, 1.807) is 9.80 Å². The first-order valence-corrected chi connectivity index (χ1v) is 9.39. The number of amides is 2. The van der Waals surface area contributed by atoms with E-state index in [1.807, 2.05) is 32.2 Å². The van der Waals surface area contributed by atoms with Crippen LogP contribution in [0.3, 0.4) is 0 Å². The van der Waals surface area contributed by atoms with Gasteiger partial charge in [0, 0.05) is 18.8 Å². The smallest absolute Gasteiger partial charge is 0.241 e. The molecule has 2 rings (SSSR count). The molecule has 0 saturated carbocycles. The number of hydrogen-bond acceptors (Lipinski definition) is 4. The van der Waals surface area contributed by atoms with Gasteiger partial charge in [0.25, 0.3) is 0 Å². The van der Waals surface area contributed by atoms with E-state index in [1.165, 1.54) is 0 Å². The number of nitrogens with one attached hydrogen (secondary N) is 1. The molecular formula is C20H31N3O3. The van der Waals surface area contributed by atoms with Crippen molar-refractivity contribution in [3.63, 3.8) is 0 Å². The van der Waals surface area contributed by atoms with Gasteiger partial charge in [0.1, 0.15) is 0 Å². The van der Waals surface area contributed by atoms with Crippen LogP contribution in [0, 0.1) is 0 Å². The summed E-state index contributed by atoms with van der Waals surface area (Å²) >= 11 is 0. The van der Waals surface area contributed by atoms with Crippen LogP contribution < -0.4 is 5.32 Å². The summed E-state index contributed by atoms with van der Waals surface area (Å²) in [6.07, 6.45) is 1.01. The molecule has 1 aliphatic rings. The molecule has 2 amide bonds. The van der Waals surface area contributed by atoms with Crippen LogP contribution in [0.5, 0.6) is 0 Å². The largest absolute Gasteiger partial charge is 0.378 e. The molecule has 0 spiro atoms. The lowest BCUT2D eigenvalue weighted by Gasteiger charge is -2.30. The van der Waals surface area contributed by atoms with Crippen LogP contribution in [0.4, 0.5) is 5.69 Å². The maximum Gasteiger partial charge on any atom is 0.241 e. The molecule has 1 heterocycles. The van der Waals surface area contributed by atoms with Crippen molar-refractivity contribution in [3.8, 4) is 0 Å². The van der Waals surface area contributed by atoms with E-state index in [2.05, 4.69) is 25.2 Å². The van der Waals surface area contributed by atoms with Gasteiger partial charge < -0.3 is 15.0 Å². The van der Waals surface area contributed by atoms with Gasteiger partial charge >= 0.3 is 0 Å². The zero-order valence-electron chi connectivity index (χ0n) is 16.3. The Bertz CT molecular complexity index is 614. The average molecular weight is 361 g/mol. The SMILES string of the molecule is CC[C@@H](C)c1ccccc1NC(=O)[C@@H](C)N(C)CC(=O)N1CCOCC1. The monoisotopic (exact) mass is 361 g/mol. The number of ether oxygens (including phenoxy) is 1. The van der Waals surface area contributed by atoms with Crippen molar-refractivity contribution in [2.75, 3.05) is 45.2 Å². The minimum absolute atomic E-state index is 0.0375. The van der Waals surface area contributed by atoms with E-state index in [9.17, 15) is 9.59 Å². The van der Waals surface area contributed by atoms with E-state index in [0.717, 1.165) is 17.7 Å². The van der Waals surface area contributed by atoms with E-state index in [-0.39, 0.29) is 18.4 Å². The van der Waals surface area contributed by atoms with Crippen molar-refractivity contribution in [3.05, 3.63) is 29.8 Å². The number of morpholine rings is 1. The molecule has 0 aromatic heterocycles. The summed E-state index contributed by atoms with van der Waals surface area (Å²) in [5.41, 5.74) is 1.99. The van der Waals surface area contributed by atoms with Gasteiger partial charge in [0.05, 0.1) is 25.8 Å². The molecule has 1 fully saturated rings. The van der Waals surface area contributed by atoms with Crippen LogP contribution in [-0.2, 0) is 14.3 Å². The van der Waals surface area contributed by atoms with E-state index >= 15 is 0 Å². The number of nitrogens with zero attached hydrogens (tertiary/aromatic N) is 2. The van der Waals surface area contributed by atoms with E-state index in [0.29, 0.717) is 32.2 Å². The first-order chi connectivity index (χ1) is 12.4. The zero-order chi connectivity index (χ0) is 19.1. The lowest BCUT2D eigenvalue weighted by atomic mass is 9.97. The average Bonchev–Trinajstić information content (AvgIpc) is 2.67. The van der Waals surface area contributed by atoms with Gasteiger partial charge in [-0.25, -0.2) is 0 Å². The highest BCUT2D eigenvalue weighted by Gasteiger charge is 2.24. The molecule has 1 N–H and O–H groups in total. The first kappa shape index (κ1) is 20.4. The fraction of sp³-hybridized carbons (Fsp3) is 0.600. The van der Waals surface area contributed by atoms with Gasteiger partial charge in [-0.2, -0.15) is 0 Å². The van der Waals surface area contributed by atoms with Crippen LogP contribution in [0.1, 0.15) is 38.7 Å². The van der Waals surface area contributed by atoms with E-state index < -0.39 is 6.04 Å². The fourth-order valence-corrected chi connectivity index (χ4v) is 2.96. The first-order valence-electron chi connectivity index (χ1n) is 9.39.